The molecule has 1 saturated heterocycles. The van der Waals surface area contributed by atoms with Crippen LogP contribution in [0.25, 0.3) is 0 Å². The summed E-state index contributed by atoms with van der Waals surface area (Å²) in [6, 6.07) is 8.07. The fourth-order valence-electron chi connectivity index (χ4n) is 2.45. The summed E-state index contributed by atoms with van der Waals surface area (Å²) >= 11 is 0. The van der Waals surface area contributed by atoms with Gasteiger partial charge < -0.3 is 9.64 Å². The second-order valence-electron chi connectivity index (χ2n) is 5.52. The van der Waals surface area contributed by atoms with E-state index in [0.717, 1.165) is 11.3 Å². The van der Waals surface area contributed by atoms with Gasteiger partial charge in [-0.1, -0.05) is 19.1 Å². The van der Waals surface area contributed by atoms with Crippen molar-refractivity contribution in [2.24, 2.45) is 0 Å². The van der Waals surface area contributed by atoms with Crippen LogP contribution in [-0.2, 0) is 14.8 Å². The molecule has 0 amide bonds. The summed E-state index contributed by atoms with van der Waals surface area (Å²) in [5, 5.41) is 0. The van der Waals surface area contributed by atoms with E-state index >= 15 is 0 Å². The molecule has 0 spiro atoms. The average Bonchev–Trinajstić information content (AvgIpc) is 2.47. The Balaban J connectivity index is 2.10. The number of hydrogen-bond donors (Lipinski definition) is 0. The fraction of sp³-hybridized carbons (Fsp3) is 0.600. The summed E-state index contributed by atoms with van der Waals surface area (Å²) in [5.74, 6) is 0.208. The lowest BCUT2D eigenvalue weighted by Crippen LogP contribution is -2.43. The number of benzene rings is 1. The number of sulfonamides is 1. The lowest BCUT2D eigenvalue weighted by Gasteiger charge is -2.32. The van der Waals surface area contributed by atoms with Crippen molar-refractivity contribution in [1.29, 1.82) is 0 Å². The molecule has 0 aromatic heterocycles. The molecule has 1 aliphatic rings. The Morgan fingerprint density at radius 1 is 1.29 bits per heavy atom. The maximum absolute atomic E-state index is 12.2. The van der Waals surface area contributed by atoms with E-state index in [0.29, 0.717) is 26.1 Å². The van der Waals surface area contributed by atoms with E-state index in [9.17, 15) is 8.42 Å². The van der Waals surface area contributed by atoms with Crippen LogP contribution in [0.3, 0.4) is 0 Å². The molecule has 1 fully saturated rings. The highest BCUT2D eigenvalue weighted by Crippen LogP contribution is 2.25. The van der Waals surface area contributed by atoms with Gasteiger partial charge in [0.15, 0.2) is 0 Å². The van der Waals surface area contributed by atoms with Gasteiger partial charge in [0, 0.05) is 32.9 Å². The number of anilines is 1. The van der Waals surface area contributed by atoms with Crippen LogP contribution >= 0.6 is 0 Å². The molecule has 0 N–H and O–H groups in total. The van der Waals surface area contributed by atoms with Crippen molar-refractivity contribution < 1.29 is 13.2 Å². The van der Waals surface area contributed by atoms with Crippen LogP contribution in [0.15, 0.2) is 24.3 Å². The van der Waals surface area contributed by atoms with E-state index < -0.39 is 10.0 Å². The van der Waals surface area contributed by atoms with E-state index in [-0.39, 0.29) is 11.9 Å². The number of morpholine rings is 1. The Labute approximate surface area is 127 Å². The third-order valence-corrected chi connectivity index (χ3v) is 5.71. The highest BCUT2D eigenvalue weighted by Gasteiger charge is 2.29. The molecule has 1 unspecified atom stereocenters. The van der Waals surface area contributed by atoms with Gasteiger partial charge in [0.1, 0.15) is 0 Å². The molecule has 1 aromatic carbocycles. The molecule has 1 atom stereocenters. The SMILES string of the molecule is CCCS(=O)(=O)N1CCOC(c2ccc(N(C)C)cc2)C1. The van der Waals surface area contributed by atoms with Gasteiger partial charge in [-0.25, -0.2) is 8.42 Å². The molecule has 21 heavy (non-hydrogen) atoms. The lowest BCUT2D eigenvalue weighted by molar-refractivity contribution is -0.00253. The molecule has 0 bridgehead atoms. The fourth-order valence-corrected chi connectivity index (χ4v) is 3.94. The molecular formula is C15H24N2O3S. The van der Waals surface area contributed by atoms with Crippen LogP contribution in [0.1, 0.15) is 25.0 Å². The first-order valence-electron chi connectivity index (χ1n) is 7.30. The summed E-state index contributed by atoms with van der Waals surface area (Å²) in [5.41, 5.74) is 2.14. The largest absolute Gasteiger partial charge is 0.378 e. The molecule has 0 radical (unpaired) electrons. The summed E-state index contributed by atoms with van der Waals surface area (Å²) in [4.78, 5) is 2.03. The van der Waals surface area contributed by atoms with Crippen molar-refractivity contribution in [3.8, 4) is 0 Å². The van der Waals surface area contributed by atoms with Gasteiger partial charge in [-0.3, -0.25) is 0 Å². The van der Waals surface area contributed by atoms with E-state index in [1.807, 2.05) is 50.2 Å². The van der Waals surface area contributed by atoms with Gasteiger partial charge in [-0.2, -0.15) is 4.31 Å². The standard InChI is InChI=1S/C15H24N2O3S/c1-4-11-21(18,19)17-9-10-20-15(12-17)13-5-7-14(8-6-13)16(2)3/h5-8,15H,4,9-12H2,1-3H3. The Bertz CT molecular complexity index is 555. The van der Waals surface area contributed by atoms with Crippen molar-refractivity contribution in [2.45, 2.75) is 19.4 Å². The molecule has 1 aliphatic heterocycles. The zero-order chi connectivity index (χ0) is 15.5. The molecular weight excluding hydrogens is 288 g/mol. The third kappa shape index (κ3) is 3.96. The minimum absolute atomic E-state index is 0.179. The maximum Gasteiger partial charge on any atom is 0.214 e. The van der Waals surface area contributed by atoms with Crippen LogP contribution < -0.4 is 4.90 Å². The minimum atomic E-state index is -3.15. The van der Waals surface area contributed by atoms with Gasteiger partial charge >= 0.3 is 0 Å². The topological polar surface area (TPSA) is 49.9 Å². The molecule has 0 saturated carbocycles. The quantitative estimate of drug-likeness (QED) is 0.833. The zero-order valence-electron chi connectivity index (χ0n) is 12.9. The van der Waals surface area contributed by atoms with E-state index in [1.165, 1.54) is 0 Å². The summed E-state index contributed by atoms with van der Waals surface area (Å²) < 4.78 is 31.6. The van der Waals surface area contributed by atoms with Crippen LogP contribution in [0.4, 0.5) is 5.69 Å². The normalized spacial score (nSPS) is 20.4. The summed E-state index contributed by atoms with van der Waals surface area (Å²) in [6.45, 7) is 3.19. The predicted octanol–water partition coefficient (Wildman–Crippen LogP) is 1.87. The van der Waals surface area contributed by atoms with Gasteiger partial charge in [0.05, 0.1) is 18.5 Å². The monoisotopic (exact) mass is 312 g/mol. The molecule has 1 heterocycles. The summed E-state index contributed by atoms with van der Waals surface area (Å²) in [6.07, 6.45) is 0.462. The molecule has 5 nitrogen and oxygen atoms in total. The highest BCUT2D eigenvalue weighted by molar-refractivity contribution is 7.89. The van der Waals surface area contributed by atoms with Crippen molar-refractivity contribution in [3.05, 3.63) is 29.8 Å². The van der Waals surface area contributed by atoms with Crippen LogP contribution in [0, 0.1) is 0 Å². The molecule has 118 valence electrons. The predicted molar refractivity (Wildman–Crippen MR) is 85.1 cm³/mol. The zero-order valence-corrected chi connectivity index (χ0v) is 13.8. The summed E-state index contributed by atoms with van der Waals surface area (Å²) in [7, 11) is 0.832. The first-order chi connectivity index (χ1) is 9.94. The van der Waals surface area contributed by atoms with Gasteiger partial charge in [-0.15, -0.1) is 0 Å². The molecule has 0 aliphatic carbocycles. The van der Waals surface area contributed by atoms with E-state index in [2.05, 4.69) is 0 Å². The van der Waals surface area contributed by atoms with E-state index in [4.69, 9.17) is 4.74 Å². The first kappa shape index (κ1) is 16.3. The highest BCUT2D eigenvalue weighted by atomic mass is 32.2. The van der Waals surface area contributed by atoms with Crippen LogP contribution in [-0.4, -0.2) is 52.3 Å². The number of hydrogen-bond acceptors (Lipinski definition) is 4. The Kier molecular flexibility index (Phi) is 5.24. The maximum atomic E-state index is 12.2. The van der Waals surface area contributed by atoms with Gasteiger partial charge in [0.25, 0.3) is 0 Å². The van der Waals surface area contributed by atoms with Crippen molar-refractivity contribution >= 4 is 15.7 Å². The molecule has 2 rings (SSSR count). The Morgan fingerprint density at radius 2 is 1.95 bits per heavy atom. The Hall–Kier alpha value is -1.11. The van der Waals surface area contributed by atoms with Gasteiger partial charge in [0.2, 0.25) is 10.0 Å². The van der Waals surface area contributed by atoms with E-state index in [1.54, 1.807) is 4.31 Å². The Morgan fingerprint density at radius 3 is 2.52 bits per heavy atom. The van der Waals surface area contributed by atoms with Crippen LogP contribution in [0.2, 0.25) is 0 Å². The van der Waals surface area contributed by atoms with Crippen LogP contribution in [0.5, 0.6) is 0 Å². The minimum Gasteiger partial charge on any atom is -0.378 e. The first-order valence-corrected chi connectivity index (χ1v) is 8.91. The second-order valence-corrected chi connectivity index (χ2v) is 7.61. The number of ether oxygens (including phenoxy) is 1. The lowest BCUT2D eigenvalue weighted by atomic mass is 10.1. The molecule has 1 aromatic rings. The molecule has 6 heteroatoms. The van der Waals surface area contributed by atoms with Crippen molar-refractivity contribution in [2.75, 3.05) is 44.4 Å². The second kappa shape index (κ2) is 6.77. The average molecular weight is 312 g/mol. The smallest absolute Gasteiger partial charge is 0.214 e. The third-order valence-electron chi connectivity index (χ3n) is 3.67. The van der Waals surface area contributed by atoms with Gasteiger partial charge in [-0.05, 0) is 24.1 Å². The number of rotatable bonds is 5. The van der Waals surface area contributed by atoms with Crippen molar-refractivity contribution in [1.82, 2.24) is 4.31 Å². The van der Waals surface area contributed by atoms with Crippen molar-refractivity contribution in [3.63, 3.8) is 0 Å². The number of nitrogens with zero attached hydrogens (tertiary/aromatic N) is 2.